The number of carbonyl (C=O) groups excluding carboxylic acids is 3. The van der Waals surface area contributed by atoms with Crippen molar-refractivity contribution in [1.29, 1.82) is 0 Å². The van der Waals surface area contributed by atoms with Gasteiger partial charge in [0.25, 0.3) is 0 Å². The maximum Gasteiger partial charge on any atom is 0.422 e. The van der Waals surface area contributed by atoms with E-state index in [1.54, 1.807) is 0 Å². The van der Waals surface area contributed by atoms with Crippen LogP contribution in [0.25, 0.3) is 0 Å². The third-order valence-corrected chi connectivity index (χ3v) is 7.29. The lowest BCUT2D eigenvalue weighted by Gasteiger charge is -2.38. The Morgan fingerprint density at radius 2 is 1.67 bits per heavy atom. The molecule has 0 aromatic heterocycles. The number of hydrazine groups is 1. The third kappa shape index (κ3) is 7.67. The fraction of sp³-hybridized carbons (Fsp3) is 0.667. The number of ether oxygens (including phenoxy) is 1. The van der Waals surface area contributed by atoms with Gasteiger partial charge in [0.15, 0.2) is 0 Å². The Morgan fingerprint density at radius 1 is 1.00 bits per heavy atom. The summed E-state index contributed by atoms with van der Waals surface area (Å²) in [5.74, 6) is 0.0526. The first-order valence-corrected chi connectivity index (χ1v) is 13.3. The van der Waals surface area contributed by atoms with Gasteiger partial charge in [-0.2, -0.15) is 0 Å². The number of carbonyl (C=O) groups is 3. The molecular weight excluding hydrogens is 458 g/mol. The van der Waals surface area contributed by atoms with Gasteiger partial charge in [-0.15, -0.1) is 0 Å². The first-order chi connectivity index (χ1) is 17.1. The van der Waals surface area contributed by atoms with E-state index >= 15 is 0 Å². The topological polar surface area (TPSA) is 103 Å². The number of amides is 3. The van der Waals surface area contributed by atoms with Crippen molar-refractivity contribution in [2.45, 2.75) is 76.9 Å². The molecule has 0 aliphatic carbocycles. The Labute approximate surface area is 214 Å². The number of piperidine rings is 3. The Bertz CT molecular complexity index is 913. The summed E-state index contributed by atoms with van der Waals surface area (Å²) < 4.78 is 5.35. The van der Waals surface area contributed by atoms with Crippen molar-refractivity contribution in [1.82, 2.24) is 20.7 Å². The number of hydrogen-bond acceptors (Lipinski definition) is 7. The Morgan fingerprint density at radius 3 is 2.28 bits per heavy atom. The summed E-state index contributed by atoms with van der Waals surface area (Å²) >= 11 is 0. The minimum absolute atomic E-state index is 0.179. The van der Waals surface area contributed by atoms with Crippen molar-refractivity contribution < 1.29 is 19.1 Å². The SMILES string of the molecule is CC(C)(C)OC(=O)NN1CCC(CN2CCC(Nc3ccc(C4CCC(=O)NC4=O)cc3)CC2)CC1. The molecule has 198 valence electrons. The molecule has 1 aromatic carbocycles. The van der Waals surface area contributed by atoms with E-state index in [4.69, 9.17) is 4.74 Å². The van der Waals surface area contributed by atoms with Crippen molar-refractivity contribution in [3.8, 4) is 0 Å². The average molecular weight is 500 g/mol. The highest BCUT2D eigenvalue weighted by atomic mass is 16.6. The highest BCUT2D eigenvalue weighted by Gasteiger charge is 2.28. The zero-order chi connectivity index (χ0) is 25.7. The first-order valence-electron chi connectivity index (χ1n) is 13.3. The molecule has 36 heavy (non-hydrogen) atoms. The number of benzene rings is 1. The summed E-state index contributed by atoms with van der Waals surface area (Å²) in [6, 6.07) is 8.54. The van der Waals surface area contributed by atoms with Gasteiger partial charge in [-0.05, 0) is 76.5 Å². The molecule has 3 aliphatic heterocycles. The molecule has 1 aromatic rings. The summed E-state index contributed by atoms with van der Waals surface area (Å²) in [5.41, 5.74) is 4.43. The van der Waals surface area contributed by atoms with Crippen LogP contribution in [0, 0.1) is 5.92 Å². The zero-order valence-corrected chi connectivity index (χ0v) is 21.8. The summed E-state index contributed by atoms with van der Waals surface area (Å²) in [5, 5.41) is 8.07. The molecule has 4 rings (SSSR count). The fourth-order valence-electron chi connectivity index (χ4n) is 5.34. The molecule has 1 unspecified atom stereocenters. The monoisotopic (exact) mass is 499 g/mol. The normalized spacial score (nSPS) is 23.2. The average Bonchev–Trinajstić information content (AvgIpc) is 2.81. The number of anilines is 1. The second-order valence-corrected chi connectivity index (χ2v) is 11.4. The lowest BCUT2D eigenvalue weighted by atomic mass is 9.90. The van der Waals surface area contributed by atoms with E-state index in [9.17, 15) is 14.4 Å². The lowest BCUT2D eigenvalue weighted by Crippen LogP contribution is -2.50. The van der Waals surface area contributed by atoms with E-state index in [1.165, 1.54) is 0 Å². The minimum atomic E-state index is -0.484. The lowest BCUT2D eigenvalue weighted by molar-refractivity contribution is -0.134. The van der Waals surface area contributed by atoms with Gasteiger partial charge in [0, 0.05) is 50.9 Å². The molecule has 0 saturated carbocycles. The molecule has 1 atom stereocenters. The number of hydrogen-bond donors (Lipinski definition) is 3. The third-order valence-electron chi connectivity index (χ3n) is 7.29. The van der Waals surface area contributed by atoms with Crippen LogP contribution in [-0.2, 0) is 14.3 Å². The van der Waals surface area contributed by atoms with Crippen LogP contribution < -0.4 is 16.1 Å². The van der Waals surface area contributed by atoms with Crippen LogP contribution in [0.1, 0.15) is 70.8 Å². The number of imide groups is 1. The second-order valence-electron chi connectivity index (χ2n) is 11.4. The number of rotatable bonds is 6. The van der Waals surface area contributed by atoms with E-state index < -0.39 is 5.60 Å². The molecule has 0 radical (unpaired) electrons. The maximum atomic E-state index is 12.1. The Hall–Kier alpha value is -2.65. The van der Waals surface area contributed by atoms with Crippen LogP contribution in [-0.4, -0.2) is 72.2 Å². The van der Waals surface area contributed by atoms with Gasteiger partial charge in [-0.3, -0.25) is 20.3 Å². The summed E-state index contributed by atoms with van der Waals surface area (Å²) in [6.45, 7) is 10.6. The van der Waals surface area contributed by atoms with Crippen molar-refractivity contribution in [2.75, 3.05) is 38.0 Å². The van der Waals surface area contributed by atoms with E-state index in [1.807, 2.05) is 50.0 Å². The molecule has 9 nitrogen and oxygen atoms in total. The highest BCUT2D eigenvalue weighted by molar-refractivity contribution is 6.00. The highest BCUT2D eigenvalue weighted by Crippen LogP contribution is 2.27. The maximum absolute atomic E-state index is 12.1. The van der Waals surface area contributed by atoms with Crippen molar-refractivity contribution in [3.63, 3.8) is 0 Å². The summed E-state index contributed by atoms with van der Waals surface area (Å²) in [4.78, 5) is 38.0. The summed E-state index contributed by atoms with van der Waals surface area (Å²) in [6.07, 6.45) is 4.97. The molecule has 9 heteroatoms. The van der Waals surface area contributed by atoms with Gasteiger partial charge in [0.1, 0.15) is 5.60 Å². The summed E-state index contributed by atoms with van der Waals surface area (Å²) in [7, 11) is 0. The van der Waals surface area contributed by atoms with Crippen molar-refractivity contribution in [2.24, 2.45) is 5.92 Å². The van der Waals surface area contributed by atoms with E-state index in [0.29, 0.717) is 24.8 Å². The van der Waals surface area contributed by atoms with Crippen LogP contribution in [0.3, 0.4) is 0 Å². The predicted octanol–water partition coefficient (Wildman–Crippen LogP) is 3.23. The molecule has 3 aliphatic rings. The molecule has 3 saturated heterocycles. The largest absolute Gasteiger partial charge is 0.443 e. The van der Waals surface area contributed by atoms with Crippen LogP contribution in [0.15, 0.2) is 24.3 Å². The van der Waals surface area contributed by atoms with Gasteiger partial charge in [-0.25, -0.2) is 9.80 Å². The minimum Gasteiger partial charge on any atom is -0.443 e. The predicted molar refractivity (Wildman–Crippen MR) is 138 cm³/mol. The number of nitrogens with zero attached hydrogens (tertiary/aromatic N) is 2. The van der Waals surface area contributed by atoms with Gasteiger partial charge in [0.05, 0.1) is 5.92 Å². The van der Waals surface area contributed by atoms with Gasteiger partial charge < -0.3 is 15.0 Å². The molecule has 0 bridgehead atoms. The Balaban J connectivity index is 1.14. The van der Waals surface area contributed by atoms with Gasteiger partial charge in [-0.1, -0.05) is 12.1 Å². The number of likely N-dealkylation sites (tertiary alicyclic amines) is 1. The molecule has 3 N–H and O–H groups in total. The van der Waals surface area contributed by atoms with E-state index in [2.05, 4.69) is 21.0 Å². The zero-order valence-electron chi connectivity index (χ0n) is 21.8. The molecule has 3 heterocycles. The molecular formula is C27H41N5O4. The van der Waals surface area contributed by atoms with Crippen LogP contribution >= 0.6 is 0 Å². The standard InChI is InChI=1S/C27H41N5O4/c1-27(2,3)36-26(35)30-32-16-10-19(11-17-32)18-31-14-12-22(13-15-31)28-21-6-4-20(5-7-21)23-8-9-24(33)29-25(23)34/h4-7,19,22-23,28H,8-18H2,1-3H3,(H,30,35)(H,29,33,34). The first kappa shape index (κ1) is 26.4. The van der Waals surface area contributed by atoms with Crippen molar-refractivity contribution >= 4 is 23.6 Å². The Kier molecular flexibility index (Phi) is 8.51. The molecule has 0 spiro atoms. The van der Waals surface area contributed by atoms with E-state index in [0.717, 1.165) is 69.7 Å². The number of nitrogens with one attached hydrogen (secondary N) is 3. The van der Waals surface area contributed by atoms with Crippen LogP contribution in [0.2, 0.25) is 0 Å². The second kappa shape index (κ2) is 11.6. The van der Waals surface area contributed by atoms with Crippen LogP contribution in [0.5, 0.6) is 0 Å². The van der Waals surface area contributed by atoms with Gasteiger partial charge in [0.2, 0.25) is 11.8 Å². The quantitative estimate of drug-likeness (QED) is 0.517. The fourth-order valence-corrected chi connectivity index (χ4v) is 5.34. The van der Waals surface area contributed by atoms with Crippen molar-refractivity contribution in [3.05, 3.63) is 29.8 Å². The van der Waals surface area contributed by atoms with E-state index in [-0.39, 0.29) is 23.8 Å². The van der Waals surface area contributed by atoms with Crippen LogP contribution in [0.4, 0.5) is 10.5 Å². The smallest absolute Gasteiger partial charge is 0.422 e. The van der Waals surface area contributed by atoms with Gasteiger partial charge >= 0.3 is 6.09 Å². The molecule has 3 amide bonds. The molecule has 3 fully saturated rings.